The topological polar surface area (TPSA) is 81.3 Å². The van der Waals surface area contributed by atoms with Gasteiger partial charge in [-0.1, -0.05) is 6.92 Å². The Morgan fingerprint density at radius 2 is 2.17 bits per heavy atom. The fourth-order valence-corrected chi connectivity index (χ4v) is 2.12. The Morgan fingerprint density at radius 1 is 1.67 bits per heavy atom. The minimum atomic E-state index is -3.13. The quantitative estimate of drug-likeness (QED) is 0.313. The lowest BCUT2D eigenvalue weighted by Crippen LogP contribution is -2.14. The Bertz CT molecular complexity index is 273. The Kier molecular flexibility index (Phi) is 4.04. The van der Waals surface area contributed by atoms with Crippen LogP contribution in [-0.4, -0.2) is 29.3 Å². The molecule has 1 N–H and O–H groups in total. The van der Waals surface area contributed by atoms with E-state index >= 15 is 0 Å². The molecular weight excluding hydrogens is 179 g/mol. The molecule has 1 atom stereocenters. The highest BCUT2D eigenvalue weighted by molar-refractivity contribution is 7.78. The number of carbonyl (C=O) groups is 1. The molecule has 0 aliphatic rings. The van der Waals surface area contributed by atoms with Crippen molar-refractivity contribution in [3.63, 3.8) is 0 Å². The van der Waals surface area contributed by atoms with Crippen LogP contribution in [0, 0.1) is 5.53 Å². The van der Waals surface area contributed by atoms with Crippen molar-refractivity contribution in [2.75, 3.05) is 13.3 Å². The molecule has 0 aliphatic carbocycles. The lowest BCUT2D eigenvalue weighted by molar-refractivity contribution is -0.132. The van der Waals surface area contributed by atoms with Gasteiger partial charge in [0.2, 0.25) is 0 Å². The van der Waals surface area contributed by atoms with Gasteiger partial charge >= 0.3 is 12.8 Å². The average molecular weight is 191 g/mol. The second-order valence-corrected chi connectivity index (χ2v) is 4.93. The smallest absolute Gasteiger partial charge is 0.324 e. The van der Waals surface area contributed by atoms with Crippen molar-refractivity contribution in [1.29, 1.82) is 5.53 Å². The van der Waals surface area contributed by atoms with Gasteiger partial charge in [0.1, 0.15) is 0 Å². The molecule has 68 valence electrons. The highest BCUT2D eigenvalue weighted by atomic mass is 31.2. The zero-order valence-corrected chi connectivity index (χ0v) is 8.22. The zero-order valence-electron chi connectivity index (χ0n) is 7.33. The Morgan fingerprint density at radius 3 is 2.25 bits per heavy atom. The van der Waals surface area contributed by atoms with Crippen LogP contribution < -0.4 is 0 Å². The monoisotopic (exact) mass is 191 g/mol. The van der Waals surface area contributed by atoms with Crippen LogP contribution in [0.5, 0.6) is 0 Å². The third kappa shape index (κ3) is 2.11. The predicted molar refractivity (Wildman–Crippen MR) is 43.8 cm³/mol. The largest absolute Gasteiger partial charge is 0.463 e. The summed E-state index contributed by atoms with van der Waals surface area (Å²) >= 11 is 0. The van der Waals surface area contributed by atoms with Gasteiger partial charge in [0.15, 0.2) is 0 Å². The van der Waals surface area contributed by atoms with Crippen LogP contribution in [0.3, 0.4) is 0 Å². The van der Waals surface area contributed by atoms with Gasteiger partial charge in [-0.15, -0.1) is 0 Å². The Hall–Kier alpha value is -0.760. The van der Waals surface area contributed by atoms with Gasteiger partial charge in [-0.05, 0) is 0 Å². The lowest BCUT2D eigenvalue weighted by Gasteiger charge is -2.04. The summed E-state index contributed by atoms with van der Waals surface area (Å²) < 4.78 is 16.3. The van der Waals surface area contributed by atoms with E-state index < -0.39 is 13.2 Å². The number of nitrogens with one attached hydrogen (secondary N) is 1. The van der Waals surface area contributed by atoms with Crippen LogP contribution in [-0.2, 0) is 13.9 Å². The van der Waals surface area contributed by atoms with Crippen LogP contribution >= 0.6 is 7.37 Å². The van der Waals surface area contributed by atoms with E-state index in [1.165, 1.54) is 14.0 Å². The summed E-state index contributed by atoms with van der Waals surface area (Å²) in [6.07, 6.45) is 0.181. The van der Waals surface area contributed by atoms with Crippen molar-refractivity contribution in [3.05, 3.63) is 0 Å². The summed E-state index contributed by atoms with van der Waals surface area (Å²) in [6.45, 7) is 2.84. The van der Waals surface area contributed by atoms with Crippen LogP contribution in [0.4, 0.5) is 0 Å². The number of ketones is 1. The van der Waals surface area contributed by atoms with E-state index in [0.717, 1.165) is 0 Å². The normalized spacial score (nSPS) is 14.6. The molecule has 0 bridgehead atoms. The second kappa shape index (κ2) is 4.31. The summed E-state index contributed by atoms with van der Waals surface area (Å²) in [5.74, 6) is -0.475. The van der Waals surface area contributed by atoms with Crippen molar-refractivity contribution >= 4 is 18.6 Å². The molecule has 1 unspecified atom stereocenters. The molecule has 0 aromatic carbocycles. The molecule has 0 saturated carbocycles. The summed E-state index contributed by atoms with van der Waals surface area (Å²) in [5.41, 5.74) is 6.40. The van der Waals surface area contributed by atoms with Crippen LogP contribution in [0.25, 0.3) is 0 Å². The summed E-state index contributed by atoms with van der Waals surface area (Å²) in [7, 11) is -1.89. The molecule has 0 radical (unpaired) electrons. The van der Waals surface area contributed by atoms with E-state index in [9.17, 15) is 9.36 Å². The minimum absolute atomic E-state index is 0.181. The summed E-state index contributed by atoms with van der Waals surface area (Å²) in [4.78, 5) is 13.8. The molecule has 5 nitrogen and oxygen atoms in total. The van der Waals surface area contributed by atoms with E-state index in [1.54, 1.807) is 6.92 Å². The average Bonchev–Trinajstić information content (AvgIpc) is 2.04. The van der Waals surface area contributed by atoms with Crippen LogP contribution in [0.15, 0.2) is 0 Å². The first kappa shape index (κ1) is 11.2. The van der Waals surface area contributed by atoms with Gasteiger partial charge in [-0.2, -0.15) is 0 Å². The number of Topliss-reactive ketones (excluding diaryl/α,β-unsaturated/α-hetero) is 1. The first-order valence-electron chi connectivity index (χ1n) is 3.42. The molecule has 0 amide bonds. The van der Waals surface area contributed by atoms with Crippen molar-refractivity contribution < 1.29 is 18.7 Å². The standard InChI is InChI=1S/C6H12N2O3P/c1-4-12(10,11-3)6(8-7)5(2)9/h7H,4H2,1-3H3/q+1. The highest BCUT2D eigenvalue weighted by Crippen LogP contribution is 2.46. The van der Waals surface area contributed by atoms with Gasteiger partial charge in [0.05, 0.1) is 10.3 Å². The molecule has 0 fully saturated rings. The van der Waals surface area contributed by atoms with Crippen molar-refractivity contribution in [1.82, 2.24) is 0 Å². The second-order valence-electron chi connectivity index (χ2n) is 2.16. The molecule has 0 rings (SSSR count). The Balaban J connectivity index is 5.11. The SMILES string of the molecule is CCP(=O)(OC)C(=[N+]=N)C(C)=O. The van der Waals surface area contributed by atoms with Gasteiger partial charge < -0.3 is 4.52 Å². The first-order chi connectivity index (χ1) is 5.51. The predicted octanol–water partition coefficient (Wildman–Crippen LogP) is 1.16. The number of nitrogens with zero attached hydrogens (tertiary/aromatic N) is 1. The fourth-order valence-electron chi connectivity index (χ4n) is 0.760. The first-order valence-corrected chi connectivity index (χ1v) is 5.23. The van der Waals surface area contributed by atoms with Crippen molar-refractivity contribution in [2.24, 2.45) is 0 Å². The van der Waals surface area contributed by atoms with E-state index in [2.05, 4.69) is 9.31 Å². The minimum Gasteiger partial charge on any atom is -0.324 e. The molecule has 12 heavy (non-hydrogen) atoms. The van der Waals surface area contributed by atoms with Gasteiger partial charge in [0.25, 0.3) is 5.78 Å². The van der Waals surface area contributed by atoms with Crippen molar-refractivity contribution in [2.45, 2.75) is 13.8 Å². The van der Waals surface area contributed by atoms with E-state index in [-0.39, 0.29) is 11.6 Å². The van der Waals surface area contributed by atoms with Crippen molar-refractivity contribution in [3.8, 4) is 0 Å². The van der Waals surface area contributed by atoms with E-state index in [1.807, 2.05) is 0 Å². The number of hydrogen-bond acceptors (Lipinski definition) is 4. The lowest BCUT2D eigenvalue weighted by atomic mass is 10.5. The molecule has 0 aliphatic heterocycles. The molecule has 0 aromatic rings. The molecular formula is C6H12N2O3P+. The van der Waals surface area contributed by atoms with E-state index in [0.29, 0.717) is 0 Å². The third-order valence-electron chi connectivity index (χ3n) is 1.45. The Labute approximate surface area is 70.8 Å². The van der Waals surface area contributed by atoms with Gasteiger partial charge in [0, 0.05) is 20.2 Å². The van der Waals surface area contributed by atoms with Crippen LogP contribution in [0.1, 0.15) is 13.8 Å². The maximum absolute atomic E-state index is 11.6. The molecule has 0 heterocycles. The van der Waals surface area contributed by atoms with Gasteiger partial charge in [-0.25, -0.2) is 0 Å². The van der Waals surface area contributed by atoms with Gasteiger partial charge in [-0.3, -0.25) is 9.36 Å². The van der Waals surface area contributed by atoms with E-state index in [4.69, 9.17) is 5.53 Å². The molecule has 0 spiro atoms. The highest BCUT2D eigenvalue weighted by Gasteiger charge is 2.41. The summed E-state index contributed by atoms with van der Waals surface area (Å²) in [5, 5.41) is 0. The molecule has 6 heteroatoms. The molecule has 0 aromatic heterocycles. The maximum atomic E-state index is 11.6. The maximum Gasteiger partial charge on any atom is 0.463 e. The third-order valence-corrected chi connectivity index (χ3v) is 3.94. The molecule has 0 saturated heterocycles. The number of hydrogen-bond donors (Lipinski definition) is 1. The number of carbonyl (C=O) groups excluding carboxylic acids is 1. The number of rotatable bonds is 4. The van der Waals surface area contributed by atoms with Crippen LogP contribution in [0.2, 0.25) is 0 Å². The summed E-state index contributed by atoms with van der Waals surface area (Å²) in [6, 6.07) is 0. The fraction of sp³-hybridized carbons (Fsp3) is 0.667. The zero-order chi connectivity index (χ0) is 9.78.